The molecule has 1 amide bonds. The molecule has 138 valence electrons. The summed E-state index contributed by atoms with van der Waals surface area (Å²) in [4.78, 5) is 25.0. The number of rotatable bonds is 6. The molecule has 0 spiro atoms. The van der Waals surface area contributed by atoms with Crippen molar-refractivity contribution in [2.75, 3.05) is 12.4 Å². The maximum absolute atomic E-state index is 12.5. The zero-order valence-corrected chi connectivity index (χ0v) is 15.6. The monoisotopic (exact) mass is 383 g/mol. The zero-order chi connectivity index (χ0) is 19.2. The lowest BCUT2D eigenvalue weighted by Crippen LogP contribution is -2.24. The molecule has 1 aromatic carbocycles. The summed E-state index contributed by atoms with van der Waals surface area (Å²) in [5.74, 6) is 1.25. The number of methoxy groups -OCH3 is 1. The number of nitrogens with one attached hydrogen (secondary N) is 2. The number of pyridine rings is 1. The topological polar surface area (TPSA) is 89.0 Å². The van der Waals surface area contributed by atoms with Gasteiger partial charge in [0.25, 0.3) is 5.91 Å². The van der Waals surface area contributed by atoms with Gasteiger partial charge in [-0.1, -0.05) is 11.6 Å². The quantitative estimate of drug-likeness (QED) is 0.677. The van der Waals surface area contributed by atoms with Gasteiger partial charge in [0, 0.05) is 30.0 Å². The highest BCUT2D eigenvalue weighted by Crippen LogP contribution is 2.30. The second kappa shape index (κ2) is 8.46. The molecule has 0 saturated heterocycles. The van der Waals surface area contributed by atoms with Crippen LogP contribution in [0.4, 0.5) is 11.5 Å². The molecule has 3 aromatic rings. The van der Waals surface area contributed by atoms with Gasteiger partial charge in [0.2, 0.25) is 0 Å². The van der Waals surface area contributed by atoms with Crippen molar-refractivity contribution >= 4 is 29.0 Å². The van der Waals surface area contributed by atoms with Crippen LogP contribution in [-0.2, 0) is 6.54 Å². The molecule has 0 atom stereocenters. The summed E-state index contributed by atoms with van der Waals surface area (Å²) in [5.41, 5.74) is 1.86. The number of aromatic nitrogens is 3. The van der Waals surface area contributed by atoms with Crippen LogP contribution in [0.1, 0.15) is 21.9 Å². The molecule has 0 aliphatic heterocycles. The van der Waals surface area contributed by atoms with Gasteiger partial charge >= 0.3 is 0 Å². The lowest BCUT2D eigenvalue weighted by atomic mass is 10.2. The number of halogens is 1. The van der Waals surface area contributed by atoms with Crippen LogP contribution in [0.15, 0.2) is 48.8 Å². The fraction of sp³-hybridized carbons (Fsp3) is 0.158. The SMILES string of the molecule is COc1ccc(Cl)cc1Nc1cc(C(=O)NCc2ccncc2)nc(C)n1. The molecular weight excluding hydrogens is 366 g/mol. The molecular formula is C19H18ClN5O2. The van der Waals surface area contributed by atoms with Gasteiger partial charge in [-0.2, -0.15) is 0 Å². The molecule has 27 heavy (non-hydrogen) atoms. The molecule has 0 fully saturated rings. The van der Waals surface area contributed by atoms with Crippen LogP contribution in [0.3, 0.4) is 0 Å². The highest BCUT2D eigenvalue weighted by molar-refractivity contribution is 6.31. The minimum Gasteiger partial charge on any atom is -0.495 e. The third-order valence-electron chi connectivity index (χ3n) is 3.70. The lowest BCUT2D eigenvalue weighted by molar-refractivity contribution is 0.0945. The van der Waals surface area contributed by atoms with Gasteiger partial charge in [-0.05, 0) is 42.8 Å². The van der Waals surface area contributed by atoms with Crippen LogP contribution in [0.25, 0.3) is 0 Å². The fourth-order valence-corrected chi connectivity index (χ4v) is 2.61. The average Bonchev–Trinajstić information content (AvgIpc) is 2.66. The number of carbonyl (C=O) groups excluding carboxylic acids is 1. The van der Waals surface area contributed by atoms with Crippen LogP contribution in [0.5, 0.6) is 5.75 Å². The van der Waals surface area contributed by atoms with E-state index in [9.17, 15) is 4.79 Å². The van der Waals surface area contributed by atoms with Crippen molar-refractivity contribution in [3.8, 4) is 5.75 Å². The maximum atomic E-state index is 12.5. The molecule has 3 rings (SSSR count). The standard InChI is InChI=1S/C19H18ClN5O2/c1-12-23-16(19(26)22-11-13-5-7-21-8-6-13)10-18(24-12)25-15-9-14(20)3-4-17(15)27-2/h3-10H,11H2,1-2H3,(H,22,26)(H,23,24,25). The number of hydrogen-bond donors (Lipinski definition) is 2. The number of amides is 1. The van der Waals surface area contributed by atoms with Gasteiger partial charge in [0.15, 0.2) is 0 Å². The first-order valence-electron chi connectivity index (χ1n) is 8.18. The van der Waals surface area contributed by atoms with E-state index in [1.54, 1.807) is 50.7 Å². The molecule has 0 aliphatic rings. The Morgan fingerprint density at radius 2 is 1.93 bits per heavy atom. The van der Waals surface area contributed by atoms with E-state index in [0.717, 1.165) is 5.56 Å². The van der Waals surface area contributed by atoms with E-state index in [1.807, 2.05) is 12.1 Å². The summed E-state index contributed by atoms with van der Waals surface area (Å²) < 4.78 is 5.32. The van der Waals surface area contributed by atoms with Gasteiger partial charge in [-0.3, -0.25) is 9.78 Å². The third kappa shape index (κ3) is 4.92. The molecule has 0 radical (unpaired) electrons. The Morgan fingerprint density at radius 3 is 2.67 bits per heavy atom. The fourth-order valence-electron chi connectivity index (χ4n) is 2.44. The summed E-state index contributed by atoms with van der Waals surface area (Å²) in [6, 6.07) is 10.5. The predicted molar refractivity (Wildman–Crippen MR) is 103 cm³/mol. The molecule has 7 nitrogen and oxygen atoms in total. The summed E-state index contributed by atoms with van der Waals surface area (Å²) in [7, 11) is 1.57. The van der Waals surface area contributed by atoms with Crippen molar-refractivity contribution in [3.05, 3.63) is 70.9 Å². The van der Waals surface area contributed by atoms with Crippen LogP contribution < -0.4 is 15.4 Å². The van der Waals surface area contributed by atoms with E-state index in [2.05, 4.69) is 25.6 Å². The van der Waals surface area contributed by atoms with Crippen molar-refractivity contribution in [1.29, 1.82) is 0 Å². The van der Waals surface area contributed by atoms with Crippen LogP contribution in [0.2, 0.25) is 5.02 Å². The van der Waals surface area contributed by atoms with Crippen molar-refractivity contribution in [1.82, 2.24) is 20.3 Å². The summed E-state index contributed by atoms with van der Waals surface area (Å²) >= 11 is 6.06. The van der Waals surface area contributed by atoms with Crippen molar-refractivity contribution in [2.24, 2.45) is 0 Å². The van der Waals surface area contributed by atoms with Gasteiger partial charge in [-0.25, -0.2) is 9.97 Å². The summed E-state index contributed by atoms with van der Waals surface area (Å²) in [6.07, 6.45) is 3.35. The second-order valence-corrected chi connectivity index (χ2v) is 6.13. The Kier molecular flexibility index (Phi) is 5.83. The Bertz CT molecular complexity index is 950. The van der Waals surface area contributed by atoms with Crippen molar-refractivity contribution < 1.29 is 9.53 Å². The molecule has 2 N–H and O–H groups in total. The molecule has 2 aromatic heterocycles. The zero-order valence-electron chi connectivity index (χ0n) is 14.9. The van der Waals surface area contributed by atoms with E-state index < -0.39 is 0 Å². The maximum Gasteiger partial charge on any atom is 0.270 e. The smallest absolute Gasteiger partial charge is 0.270 e. The van der Waals surface area contributed by atoms with E-state index in [-0.39, 0.29) is 11.6 Å². The van der Waals surface area contributed by atoms with E-state index in [4.69, 9.17) is 16.3 Å². The summed E-state index contributed by atoms with van der Waals surface area (Å²) in [6.45, 7) is 2.11. The second-order valence-electron chi connectivity index (χ2n) is 5.69. The van der Waals surface area contributed by atoms with Crippen molar-refractivity contribution in [2.45, 2.75) is 13.5 Å². The molecule has 0 unspecified atom stereocenters. The first kappa shape index (κ1) is 18.6. The average molecular weight is 384 g/mol. The first-order chi connectivity index (χ1) is 13.0. The molecule has 0 bridgehead atoms. The number of benzene rings is 1. The number of carbonyl (C=O) groups is 1. The normalized spacial score (nSPS) is 10.3. The molecule has 8 heteroatoms. The van der Waals surface area contributed by atoms with Crippen molar-refractivity contribution in [3.63, 3.8) is 0 Å². The molecule has 0 saturated carbocycles. The van der Waals surface area contributed by atoms with Crippen LogP contribution >= 0.6 is 11.6 Å². The van der Waals surface area contributed by atoms with Gasteiger partial charge in [0.1, 0.15) is 23.1 Å². The molecule has 2 heterocycles. The van der Waals surface area contributed by atoms with E-state index in [1.165, 1.54) is 0 Å². The van der Waals surface area contributed by atoms with E-state index in [0.29, 0.717) is 34.6 Å². The number of hydrogen-bond acceptors (Lipinski definition) is 6. The Labute approximate surface area is 161 Å². The minimum atomic E-state index is -0.293. The van der Waals surface area contributed by atoms with Crippen LogP contribution in [0, 0.1) is 6.92 Å². The minimum absolute atomic E-state index is 0.264. The summed E-state index contributed by atoms with van der Waals surface area (Å²) in [5, 5.41) is 6.51. The van der Waals surface area contributed by atoms with Gasteiger partial charge in [-0.15, -0.1) is 0 Å². The largest absolute Gasteiger partial charge is 0.495 e. The number of nitrogens with zero attached hydrogens (tertiary/aromatic N) is 3. The third-order valence-corrected chi connectivity index (χ3v) is 3.93. The number of aryl methyl sites for hydroxylation is 1. The molecule has 0 aliphatic carbocycles. The predicted octanol–water partition coefficient (Wildman–Crippen LogP) is 3.52. The van der Waals surface area contributed by atoms with Gasteiger partial charge in [0.05, 0.1) is 12.8 Å². The highest BCUT2D eigenvalue weighted by atomic mass is 35.5. The Hall–Kier alpha value is -3.19. The Balaban J connectivity index is 1.78. The number of anilines is 2. The van der Waals surface area contributed by atoms with Crippen LogP contribution in [-0.4, -0.2) is 28.0 Å². The number of ether oxygens (including phenoxy) is 1. The highest BCUT2D eigenvalue weighted by Gasteiger charge is 2.12. The Morgan fingerprint density at radius 1 is 1.15 bits per heavy atom. The van der Waals surface area contributed by atoms with E-state index >= 15 is 0 Å². The van der Waals surface area contributed by atoms with Gasteiger partial charge < -0.3 is 15.4 Å². The lowest BCUT2D eigenvalue weighted by Gasteiger charge is -2.12. The first-order valence-corrected chi connectivity index (χ1v) is 8.56.